The predicted octanol–water partition coefficient (Wildman–Crippen LogP) is 3.77. The molecule has 0 bridgehead atoms. The summed E-state index contributed by atoms with van der Waals surface area (Å²) < 4.78 is 33.3. The van der Waals surface area contributed by atoms with E-state index in [2.05, 4.69) is 4.98 Å². The van der Waals surface area contributed by atoms with E-state index in [1.807, 2.05) is 0 Å². The van der Waals surface area contributed by atoms with Gasteiger partial charge >= 0.3 is 0 Å². The average Bonchev–Trinajstić information content (AvgIpc) is 2.85. The minimum absolute atomic E-state index is 0.0202. The highest BCUT2D eigenvalue weighted by molar-refractivity contribution is 5.98. The monoisotopic (exact) mass is 382 g/mol. The lowest BCUT2D eigenvalue weighted by Gasteiger charge is -2.19. The third-order valence-corrected chi connectivity index (χ3v) is 4.57. The second kappa shape index (κ2) is 7.26. The van der Waals surface area contributed by atoms with E-state index in [0.29, 0.717) is 22.4 Å². The third-order valence-electron chi connectivity index (χ3n) is 4.57. The lowest BCUT2D eigenvalue weighted by molar-refractivity contribution is 0.0739. The predicted molar refractivity (Wildman–Crippen MR) is 97.9 cm³/mol. The van der Waals surface area contributed by atoms with Gasteiger partial charge in [0.15, 0.2) is 11.6 Å². The van der Waals surface area contributed by atoms with Crippen LogP contribution in [-0.4, -0.2) is 34.0 Å². The molecule has 28 heavy (non-hydrogen) atoms. The normalized spacial score (nSPS) is 13.6. The number of rotatable bonds is 3. The van der Waals surface area contributed by atoms with Gasteiger partial charge < -0.3 is 14.7 Å². The van der Waals surface area contributed by atoms with Crippen LogP contribution in [0.15, 0.2) is 54.7 Å². The summed E-state index contributed by atoms with van der Waals surface area (Å²) in [6.07, 6.45) is 1.47. The summed E-state index contributed by atoms with van der Waals surface area (Å²) in [6, 6.07) is 11.8. The fraction of sp³-hybridized carbons (Fsp3) is 0.143. The Kier molecular flexibility index (Phi) is 4.65. The van der Waals surface area contributed by atoms with Crippen molar-refractivity contribution in [2.24, 2.45) is 0 Å². The highest BCUT2D eigenvalue weighted by Crippen LogP contribution is 2.31. The van der Waals surface area contributed by atoms with Crippen molar-refractivity contribution in [3.63, 3.8) is 0 Å². The van der Waals surface area contributed by atoms with Crippen molar-refractivity contribution >= 4 is 5.91 Å². The van der Waals surface area contributed by atoms with E-state index in [0.717, 1.165) is 0 Å². The van der Waals surface area contributed by atoms with E-state index in [-0.39, 0.29) is 31.3 Å². The first-order chi connectivity index (χ1) is 13.5. The van der Waals surface area contributed by atoms with Crippen LogP contribution in [0.25, 0.3) is 11.1 Å². The second-order valence-corrected chi connectivity index (χ2v) is 6.38. The third kappa shape index (κ3) is 3.38. The molecule has 5 nitrogen and oxygen atoms in total. The van der Waals surface area contributed by atoms with Crippen molar-refractivity contribution in [2.45, 2.75) is 6.54 Å². The number of hydrogen-bond donors (Lipinski definition) is 1. The molecule has 0 aliphatic carbocycles. The lowest BCUT2D eigenvalue weighted by atomic mass is 10.0. The van der Waals surface area contributed by atoms with E-state index in [9.17, 15) is 18.7 Å². The van der Waals surface area contributed by atoms with Crippen LogP contribution in [0.1, 0.15) is 16.1 Å². The summed E-state index contributed by atoms with van der Waals surface area (Å²) in [5.41, 5.74) is 1.59. The standard InChI is InChI=1S/C21H16F2N2O3/c22-16-2-1-7-24-18(16)12-25-8-9-28-20-6-4-13(10-15(20)21(25)27)14-3-5-19(26)17(23)11-14/h1-7,10-11,26H,8-9,12H2. The molecule has 1 N–H and O–H groups in total. The quantitative estimate of drug-likeness (QED) is 0.749. The van der Waals surface area contributed by atoms with E-state index >= 15 is 0 Å². The number of amides is 1. The van der Waals surface area contributed by atoms with E-state index in [1.165, 1.54) is 35.4 Å². The molecule has 3 aromatic rings. The minimum atomic E-state index is -0.748. The molecule has 1 aliphatic heterocycles. The first-order valence-corrected chi connectivity index (χ1v) is 8.67. The number of hydrogen-bond acceptors (Lipinski definition) is 4. The molecule has 142 valence electrons. The molecular weight excluding hydrogens is 366 g/mol. The van der Waals surface area contributed by atoms with Crippen molar-refractivity contribution in [3.8, 4) is 22.6 Å². The molecule has 1 amide bonds. The number of halogens is 2. The molecule has 0 saturated heterocycles. The summed E-state index contributed by atoms with van der Waals surface area (Å²) in [6.45, 7) is 0.569. The van der Waals surface area contributed by atoms with Crippen molar-refractivity contribution in [1.82, 2.24) is 9.88 Å². The molecule has 2 heterocycles. The highest BCUT2D eigenvalue weighted by atomic mass is 19.1. The zero-order valence-corrected chi connectivity index (χ0v) is 14.7. The molecule has 0 saturated carbocycles. The topological polar surface area (TPSA) is 62.7 Å². The van der Waals surface area contributed by atoms with Crippen molar-refractivity contribution in [1.29, 1.82) is 0 Å². The fourth-order valence-corrected chi connectivity index (χ4v) is 3.09. The van der Waals surface area contributed by atoms with Gasteiger partial charge in [-0.25, -0.2) is 8.78 Å². The Labute approximate surface area is 159 Å². The highest BCUT2D eigenvalue weighted by Gasteiger charge is 2.25. The Bertz CT molecular complexity index is 1060. The van der Waals surface area contributed by atoms with Gasteiger partial charge in [0, 0.05) is 6.20 Å². The molecule has 1 aromatic heterocycles. The zero-order valence-electron chi connectivity index (χ0n) is 14.7. The molecule has 2 aromatic carbocycles. The molecule has 0 fully saturated rings. The van der Waals surface area contributed by atoms with Gasteiger partial charge in [-0.2, -0.15) is 0 Å². The molecule has 0 radical (unpaired) electrons. The molecule has 7 heteroatoms. The number of fused-ring (bicyclic) bond motifs is 1. The first kappa shape index (κ1) is 17.9. The second-order valence-electron chi connectivity index (χ2n) is 6.38. The number of benzene rings is 2. The van der Waals surface area contributed by atoms with Gasteiger partial charge in [-0.3, -0.25) is 9.78 Å². The summed E-state index contributed by atoms with van der Waals surface area (Å²) in [5, 5.41) is 9.37. The van der Waals surface area contributed by atoms with Gasteiger partial charge in [0.25, 0.3) is 5.91 Å². The number of carbonyl (C=O) groups excluding carboxylic acids is 1. The summed E-state index contributed by atoms with van der Waals surface area (Å²) in [7, 11) is 0. The average molecular weight is 382 g/mol. The maximum atomic E-state index is 13.9. The Morgan fingerprint density at radius 1 is 1.07 bits per heavy atom. The summed E-state index contributed by atoms with van der Waals surface area (Å²) >= 11 is 0. The first-order valence-electron chi connectivity index (χ1n) is 8.67. The maximum Gasteiger partial charge on any atom is 0.258 e. The van der Waals surface area contributed by atoms with E-state index in [4.69, 9.17) is 4.74 Å². The summed E-state index contributed by atoms with van der Waals surface area (Å²) in [5.74, 6) is -1.58. The van der Waals surface area contributed by atoms with Crippen LogP contribution in [-0.2, 0) is 6.54 Å². The van der Waals surface area contributed by atoms with Crippen molar-refractivity contribution < 1.29 is 23.4 Å². The molecule has 1 aliphatic rings. The molecule has 0 spiro atoms. The van der Waals surface area contributed by atoms with Crippen LogP contribution < -0.4 is 4.74 Å². The van der Waals surface area contributed by atoms with E-state index < -0.39 is 17.4 Å². The maximum absolute atomic E-state index is 13.9. The number of phenolic OH excluding ortho intramolecular Hbond substituents is 1. The van der Waals surface area contributed by atoms with Crippen LogP contribution in [0, 0.1) is 11.6 Å². The van der Waals surface area contributed by atoms with Crippen LogP contribution >= 0.6 is 0 Å². The number of aromatic nitrogens is 1. The van der Waals surface area contributed by atoms with Gasteiger partial charge in [0.2, 0.25) is 0 Å². The number of aromatic hydroxyl groups is 1. The number of nitrogens with zero attached hydrogens (tertiary/aromatic N) is 2. The van der Waals surface area contributed by atoms with Gasteiger partial charge in [0.05, 0.1) is 24.3 Å². The number of pyridine rings is 1. The smallest absolute Gasteiger partial charge is 0.258 e. The van der Waals surface area contributed by atoms with E-state index in [1.54, 1.807) is 24.3 Å². The lowest BCUT2D eigenvalue weighted by Crippen LogP contribution is -2.32. The fourth-order valence-electron chi connectivity index (χ4n) is 3.09. The Balaban J connectivity index is 1.68. The Hall–Kier alpha value is -3.48. The molecular formula is C21H16F2N2O3. The van der Waals surface area contributed by atoms with Gasteiger partial charge in [-0.05, 0) is 47.5 Å². The van der Waals surface area contributed by atoms with Crippen LogP contribution in [0.2, 0.25) is 0 Å². The molecule has 4 rings (SSSR count). The largest absolute Gasteiger partial charge is 0.505 e. The number of phenols is 1. The number of ether oxygens (including phenoxy) is 1. The Morgan fingerprint density at radius 3 is 2.64 bits per heavy atom. The minimum Gasteiger partial charge on any atom is -0.505 e. The van der Waals surface area contributed by atoms with Gasteiger partial charge in [-0.15, -0.1) is 0 Å². The summed E-state index contributed by atoms with van der Waals surface area (Å²) in [4.78, 5) is 18.5. The van der Waals surface area contributed by atoms with Gasteiger partial charge in [0.1, 0.15) is 18.2 Å². The molecule has 0 unspecified atom stereocenters. The SMILES string of the molecule is O=C1c2cc(-c3ccc(O)c(F)c3)ccc2OCCN1Cc1ncccc1F. The molecule has 0 atom stereocenters. The van der Waals surface area contributed by atoms with Crippen molar-refractivity contribution in [3.05, 3.63) is 77.6 Å². The van der Waals surface area contributed by atoms with Crippen LogP contribution in [0.4, 0.5) is 8.78 Å². The Morgan fingerprint density at radius 2 is 1.86 bits per heavy atom. The zero-order chi connectivity index (χ0) is 19.7. The van der Waals surface area contributed by atoms with Crippen LogP contribution in [0.3, 0.4) is 0 Å². The van der Waals surface area contributed by atoms with Crippen molar-refractivity contribution in [2.75, 3.05) is 13.2 Å². The number of carbonyl (C=O) groups is 1. The van der Waals surface area contributed by atoms with Crippen LogP contribution in [0.5, 0.6) is 11.5 Å². The van der Waals surface area contributed by atoms with Gasteiger partial charge in [-0.1, -0.05) is 12.1 Å².